The van der Waals surface area contributed by atoms with Gasteiger partial charge in [0.15, 0.2) is 0 Å². The Hall–Kier alpha value is -1.61. The predicted octanol–water partition coefficient (Wildman–Crippen LogP) is 4.65. The van der Waals surface area contributed by atoms with Crippen LogP contribution in [0.1, 0.15) is 24.3 Å². The molecule has 0 atom stereocenters. The van der Waals surface area contributed by atoms with E-state index in [-0.39, 0.29) is 0 Å². The summed E-state index contributed by atoms with van der Waals surface area (Å²) in [6, 6.07) is 10.6. The first-order valence-electron chi connectivity index (χ1n) is 6.67. The number of thiophene rings is 1. The molecule has 19 heavy (non-hydrogen) atoms. The summed E-state index contributed by atoms with van der Waals surface area (Å²) in [4.78, 5) is 8.09. The molecule has 0 spiro atoms. The van der Waals surface area contributed by atoms with E-state index in [9.17, 15) is 0 Å². The fourth-order valence-electron chi connectivity index (χ4n) is 1.99. The molecule has 0 saturated carbocycles. The van der Waals surface area contributed by atoms with Gasteiger partial charge in [-0.25, -0.2) is 0 Å². The molecule has 100 valence electrons. The Morgan fingerprint density at radius 2 is 1.79 bits per heavy atom. The minimum absolute atomic E-state index is 1.00. The third-order valence-electron chi connectivity index (χ3n) is 3.21. The second-order valence-electron chi connectivity index (χ2n) is 4.41. The number of aliphatic imine (C=N–C) groups is 1. The van der Waals surface area contributed by atoms with Gasteiger partial charge in [-0.3, -0.25) is 4.99 Å². The highest BCUT2D eigenvalue weighted by molar-refractivity contribution is 7.11. The Morgan fingerprint density at radius 1 is 1.11 bits per heavy atom. The quantitative estimate of drug-likeness (QED) is 0.723. The summed E-state index contributed by atoms with van der Waals surface area (Å²) in [7, 11) is 0. The van der Waals surface area contributed by atoms with E-state index in [0.29, 0.717) is 0 Å². The Bertz CT molecular complexity index is 536. The van der Waals surface area contributed by atoms with Gasteiger partial charge < -0.3 is 4.90 Å². The standard InChI is InChI=1S/C16H20N2S/c1-4-18(5-2)15-8-6-14(7-9-15)17-12-16-13(3)10-11-19-16/h6-12H,4-5H2,1-3H3. The molecule has 2 rings (SSSR count). The van der Waals surface area contributed by atoms with Crippen LogP contribution in [0.5, 0.6) is 0 Å². The molecule has 0 aliphatic carbocycles. The second-order valence-corrected chi connectivity index (χ2v) is 5.36. The van der Waals surface area contributed by atoms with Crippen molar-refractivity contribution in [3.8, 4) is 0 Å². The zero-order valence-corrected chi connectivity index (χ0v) is 12.6. The molecule has 1 aromatic carbocycles. The van der Waals surface area contributed by atoms with Crippen molar-refractivity contribution in [2.45, 2.75) is 20.8 Å². The summed E-state index contributed by atoms with van der Waals surface area (Å²) < 4.78 is 0. The molecule has 3 heteroatoms. The Morgan fingerprint density at radius 3 is 2.32 bits per heavy atom. The number of hydrogen-bond donors (Lipinski definition) is 0. The van der Waals surface area contributed by atoms with Crippen LogP contribution in [0.15, 0.2) is 40.7 Å². The van der Waals surface area contributed by atoms with Gasteiger partial charge in [0.2, 0.25) is 0 Å². The van der Waals surface area contributed by atoms with Gasteiger partial charge in [-0.15, -0.1) is 11.3 Å². The molecule has 2 aromatic rings. The van der Waals surface area contributed by atoms with Crippen LogP contribution in [0.2, 0.25) is 0 Å². The van der Waals surface area contributed by atoms with Crippen molar-refractivity contribution < 1.29 is 0 Å². The molecular formula is C16H20N2S. The van der Waals surface area contributed by atoms with Crippen molar-refractivity contribution in [1.82, 2.24) is 0 Å². The molecule has 0 fully saturated rings. The van der Waals surface area contributed by atoms with E-state index in [1.54, 1.807) is 11.3 Å². The number of nitrogens with zero attached hydrogens (tertiary/aromatic N) is 2. The van der Waals surface area contributed by atoms with Gasteiger partial charge in [0.05, 0.1) is 5.69 Å². The van der Waals surface area contributed by atoms with Crippen LogP contribution in [0.3, 0.4) is 0 Å². The maximum absolute atomic E-state index is 4.53. The van der Waals surface area contributed by atoms with Gasteiger partial charge in [0.1, 0.15) is 0 Å². The molecule has 0 unspecified atom stereocenters. The number of rotatable bonds is 5. The van der Waals surface area contributed by atoms with Gasteiger partial charge >= 0.3 is 0 Å². The van der Waals surface area contributed by atoms with Crippen molar-refractivity contribution >= 4 is 28.9 Å². The first-order chi connectivity index (χ1) is 9.24. The Kier molecular flexibility index (Phi) is 4.74. The summed E-state index contributed by atoms with van der Waals surface area (Å²) in [6.45, 7) is 8.53. The molecular weight excluding hydrogens is 252 g/mol. The van der Waals surface area contributed by atoms with Crippen LogP contribution in [-0.2, 0) is 0 Å². The lowest BCUT2D eigenvalue weighted by molar-refractivity contribution is 0.866. The number of anilines is 1. The highest BCUT2D eigenvalue weighted by Gasteiger charge is 2.00. The zero-order valence-electron chi connectivity index (χ0n) is 11.8. The number of benzene rings is 1. The number of aryl methyl sites for hydroxylation is 1. The van der Waals surface area contributed by atoms with Crippen molar-refractivity contribution in [1.29, 1.82) is 0 Å². The highest BCUT2D eigenvalue weighted by Crippen LogP contribution is 2.20. The van der Waals surface area contributed by atoms with Crippen LogP contribution >= 0.6 is 11.3 Å². The van der Waals surface area contributed by atoms with Crippen molar-refractivity contribution in [3.05, 3.63) is 46.2 Å². The summed E-state index contributed by atoms with van der Waals surface area (Å²) in [5.74, 6) is 0. The molecule has 0 amide bonds. The normalized spacial score (nSPS) is 11.1. The Labute approximate surface area is 119 Å². The maximum atomic E-state index is 4.53. The lowest BCUT2D eigenvalue weighted by Gasteiger charge is -2.20. The van der Waals surface area contributed by atoms with E-state index in [4.69, 9.17) is 0 Å². The van der Waals surface area contributed by atoms with Gasteiger partial charge in [0, 0.05) is 29.9 Å². The smallest absolute Gasteiger partial charge is 0.0631 e. The van der Waals surface area contributed by atoms with Crippen LogP contribution in [-0.4, -0.2) is 19.3 Å². The van der Waals surface area contributed by atoms with Crippen LogP contribution < -0.4 is 4.90 Å². The molecule has 0 bridgehead atoms. The van der Waals surface area contributed by atoms with E-state index in [0.717, 1.165) is 18.8 Å². The second kappa shape index (κ2) is 6.53. The Balaban J connectivity index is 2.11. The van der Waals surface area contributed by atoms with E-state index in [2.05, 4.69) is 66.4 Å². The van der Waals surface area contributed by atoms with Crippen LogP contribution in [0.25, 0.3) is 0 Å². The maximum Gasteiger partial charge on any atom is 0.0631 e. The minimum Gasteiger partial charge on any atom is -0.372 e. The monoisotopic (exact) mass is 272 g/mol. The minimum atomic E-state index is 1.00. The fourth-order valence-corrected chi connectivity index (χ4v) is 2.77. The number of hydrogen-bond acceptors (Lipinski definition) is 3. The third kappa shape index (κ3) is 3.44. The molecule has 2 nitrogen and oxygen atoms in total. The largest absolute Gasteiger partial charge is 0.372 e. The fraction of sp³-hybridized carbons (Fsp3) is 0.312. The molecule has 1 heterocycles. The molecule has 0 aliphatic rings. The predicted molar refractivity (Wildman–Crippen MR) is 86.3 cm³/mol. The average Bonchev–Trinajstić information content (AvgIpc) is 2.85. The van der Waals surface area contributed by atoms with E-state index < -0.39 is 0 Å². The third-order valence-corrected chi connectivity index (χ3v) is 4.16. The summed E-state index contributed by atoms with van der Waals surface area (Å²) in [6.07, 6.45) is 1.95. The van der Waals surface area contributed by atoms with E-state index in [1.165, 1.54) is 16.1 Å². The highest BCUT2D eigenvalue weighted by atomic mass is 32.1. The zero-order chi connectivity index (χ0) is 13.7. The lowest BCUT2D eigenvalue weighted by atomic mass is 10.2. The van der Waals surface area contributed by atoms with Crippen LogP contribution in [0, 0.1) is 6.92 Å². The first-order valence-corrected chi connectivity index (χ1v) is 7.55. The van der Waals surface area contributed by atoms with Gasteiger partial charge in [0.25, 0.3) is 0 Å². The molecule has 0 N–H and O–H groups in total. The van der Waals surface area contributed by atoms with Crippen molar-refractivity contribution in [3.63, 3.8) is 0 Å². The van der Waals surface area contributed by atoms with Crippen molar-refractivity contribution in [2.24, 2.45) is 4.99 Å². The molecule has 1 aromatic heterocycles. The van der Waals surface area contributed by atoms with Gasteiger partial charge in [-0.2, -0.15) is 0 Å². The van der Waals surface area contributed by atoms with E-state index >= 15 is 0 Å². The molecule has 0 aliphatic heterocycles. The molecule has 0 radical (unpaired) electrons. The average molecular weight is 272 g/mol. The van der Waals surface area contributed by atoms with Gasteiger partial charge in [-0.05, 0) is 62.0 Å². The first kappa shape index (κ1) is 13.8. The summed E-state index contributed by atoms with van der Waals surface area (Å²) in [5.41, 5.74) is 3.55. The van der Waals surface area contributed by atoms with E-state index in [1.807, 2.05) is 6.21 Å². The lowest BCUT2D eigenvalue weighted by Crippen LogP contribution is -2.21. The van der Waals surface area contributed by atoms with Crippen molar-refractivity contribution in [2.75, 3.05) is 18.0 Å². The topological polar surface area (TPSA) is 15.6 Å². The van der Waals surface area contributed by atoms with Crippen LogP contribution in [0.4, 0.5) is 11.4 Å². The molecule has 0 saturated heterocycles. The van der Waals surface area contributed by atoms with Gasteiger partial charge in [-0.1, -0.05) is 0 Å². The SMILES string of the molecule is CCN(CC)c1ccc(N=Cc2sccc2C)cc1. The summed E-state index contributed by atoms with van der Waals surface area (Å²) >= 11 is 1.73. The summed E-state index contributed by atoms with van der Waals surface area (Å²) in [5, 5.41) is 2.10.